The number of carbonyl (C=O) groups is 1. The molecule has 2 rings (SSSR count). The number of amides is 1. The summed E-state index contributed by atoms with van der Waals surface area (Å²) in [6.45, 7) is 3.63. The summed E-state index contributed by atoms with van der Waals surface area (Å²) in [5, 5.41) is 0. The zero-order chi connectivity index (χ0) is 12.3. The molecule has 1 aliphatic heterocycles. The van der Waals surface area contributed by atoms with Crippen molar-refractivity contribution in [3.05, 3.63) is 23.8 Å². The molecule has 1 aromatic heterocycles. The Bertz CT molecular complexity index is 383. The molecule has 0 radical (unpaired) electrons. The lowest BCUT2D eigenvalue weighted by Gasteiger charge is -2.32. The van der Waals surface area contributed by atoms with Gasteiger partial charge in [-0.2, -0.15) is 0 Å². The van der Waals surface area contributed by atoms with E-state index in [9.17, 15) is 4.79 Å². The van der Waals surface area contributed by atoms with Crippen LogP contribution in [0.3, 0.4) is 0 Å². The fraction of sp³-hybridized carbons (Fsp3) is 0.545. The van der Waals surface area contributed by atoms with Crippen molar-refractivity contribution >= 4 is 5.91 Å². The fourth-order valence-corrected chi connectivity index (χ4v) is 1.76. The molecule has 92 valence electrons. The summed E-state index contributed by atoms with van der Waals surface area (Å²) in [6, 6.07) is 0. The largest absolute Gasteiger partial charge is 0.336 e. The molecule has 1 saturated heterocycles. The highest BCUT2D eigenvalue weighted by molar-refractivity contribution is 5.93. The van der Waals surface area contributed by atoms with Crippen LogP contribution in [0.1, 0.15) is 16.2 Å². The third kappa shape index (κ3) is 2.78. The number of carbonyl (C=O) groups excluding carboxylic acids is 1. The molecule has 1 amide bonds. The van der Waals surface area contributed by atoms with Crippen molar-refractivity contribution < 1.29 is 4.79 Å². The molecule has 0 bridgehead atoms. The molecule has 6 heteroatoms. The van der Waals surface area contributed by atoms with Crippen LogP contribution in [0.5, 0.6) is 0 Å². The number of likely N-dealkylation sites (N-methyl/N-ethyl adjacent to an activating group) is 1. The van der Waals surface area contributed by atoms with Gasteiger partial charge in [0.25, 0.3) is 5.91 Å². The Labute approximate surface area is 100 Å². The Morgan fingerprint density at radius 1 is 1.29 bits per heavy atom. The number of piperazine rings is 1. The monoisotopic (exact) mass is 235 g/mol. The second-order valence-electron chi connectivity index (χ2n) is 4.19. The van der Waals surface area contributed by atoms with Gasteiger partial charge >= 0.3 is 0 Å². The molecule has 0 aromatic carbocycles. The maximum Gasteiger partial charge on any atom is 0.257 e. The smallest absolute Gasteiger partial charge is 0.257 e. The second kappa shape index (κ2) is 5.20. The number of hydrogen-bond donors (Lipinski definition) is 1. The van der Waals surface area contributed by atoms with Gasteiger partial charge in [0.05, 0.1) is 12.1 Å². The first kappa shape index (κ1) is 11.9. The molecular weight excluding hydrogens is 218 g/mol. The number of hydrogen-bond acceptors (Lipinski definition) is 5. The van der Waals surface area contributed by atoms with Crippen LogP contribution in [0.4, 0.5) is 0 Å². The Morgan fingerprint density at radius 2 is 1.88 bits per heavy atom. The van der Waals surface area contributed by atoms with Crippen molar-refractivity contribution in [2.24, 2.45) is 5.73 Å². The minimum Gasteiger partial charge on any atom is -0.336 e. The van der Waals surface area contributed by atoms with E-state index in [4.69, 9.17) is 5.73 Å². The molecule has 1 aromatic rings. The van der Waals surface area contributed by atoms with Gasteiger partial charge in [0, 0.05) is 38.6 Å². The highest BCUT2D eigenvalue weighted by Crippen LogP contribution is 2.06. The zero-order valence-electron chi connectivity index (χ0n) is 9.96. The number of aromatic nitrogens is 2. The Balaban J connectivity index is 2.03. The lowest BCUT2D eigenvalue weighted by molar-refractivity contribution is 0.0663. The van der Waals surface area contributed by atoms with Crippen LogP contribution in [0.25, 0.3) is 0 Å². The first-order chi connectivity index (χ1) is 8.20. The van der Waals surface area contributed by atoms with Crippen LogP contribution in [0, 0.1) is 0 Å². The van der Waals surface area contributed by atoms with Crippen LogP contribution in [-0.2, 0) is 6.54 Å². The van der Waals surface area contributed by atoms with Gasteiger partial charge in [-0.25, -0.2) is 9.97 Å². The minimum absolute atomic E-state index is 0.00155. The summed E-state index contributed by atoms with van der Waals surface area (Å²) >= 11 is 0. The average molecular weight is 235 g/mol. The number of nitrogens with two attached hydrogens (primary N) is 1. The molecule has 2 N–H and O–H groups in total. The summed E-state index contributed by atoms with van der Waals surface area (Å²) in [4.78, 5) is 24.2. The van der Waals surface area contributed by atoms with Crippen molar-refractivity contribution in [3.8, 4) is 0 Å². The zero-order valence-corrected chi connectivity index (χ0v) is 9.96. The van der Waals surface area contributed by atoms with E-state index < -0.39 is 0 Å². The van der Waals surface area contributed by atoms with Crippen molar-refractivity contribution in [2.75, 3.05) is 33.2 Å². The summed E-state index contributed by atoms with van der Waals surface area (Å²) in [6.07, 6.45) is 3.10. The summed E-state index contributed by atoms with van der Waals surface area (Å²) < 4.78 is 0. The molecule has 0 aliphatic carbocycles. The highest BCUT2D eigenvalue weighted by atomic mass is 16.2. The Morgan fingerprint density at radius 3 is 2.41 bits per heavy atom. The average Bonchev–Trinajstić information content (AvgIpc) is 2.39. The second-order valence-corrected chi connectivity index (χ2v) is 4.19. The van der Waals surface area contributed by atoms with E-state index in [1.807, 2.05) is 4.90 Å². The van der Waals surface area contributed by atoms with Crippen LogP contribution < -0.4 is 5.73 Å². The molecule has 0 saturated carbocycles. The lowest BCUT2D eigenvalue weighted by Crippen LogP contribution is -2.47. The Kier molecular flexibility index (Phi) is 3.65. The van der Waals surface area contributed by atoms with E-state index >= 15 is 0 Å². The van der Waals surface area contributed by atoms with Gasteiger partial charge in [0.1, 0.15) is 5.82 Å². The SMILES string of the molecule is CN1CCN(C(=O)c2cnc(CN)nc2)CC1. The van der Waals surface area contributed by atoms with Crippen LogP contribution >= 0.6 is 0 Å². The molecule has 17 heavy (non-hydrogen) atoms. The summed E-state index contributed by atoms with van der Waals surface area (Å²) in [5.41, 5.74) is 5.94. The van der Waals surface area contributed by atoms with Crippen molar-refractivity contribution in [2.45, 2.75) is 6.54 Å². The van der Waals surface area contributed by atoms with Crippen LogP contribution in [0.15, 0.2) is 12.4 Å². The maximum absolute atomic E-state index is 12.1. The van der Waals surface area contributed by atoms with E-state index in [0.717, 1.165) is 26.2 Å². The predicted molar refractivity (Wildman–Crippen MR) is 63.3 cm³/mol. The van der Waals surface area contributed by atoms with Crippen LogP contribution in [-0.4, -0.2) is 58.9 Å². The van der Waals surface area contributed by atoms with Gasteiger partial charge < -0.3 is 15.5 Å². The predicted octanol–water partition coefficient (Wildman–Crippen LogP) is -0.677. The van der Waals surface area contributed by atoms with Gasteiger partial charge in [0.15, 0.2) is 0 Å². The van der Waals surface area contributed by atoms with E-state index in [2.05, 4.69) is 21.9 Å². The molecule has 2 heterocycles. The van der Waals surface area contributed by atoms with Crippen molar-refractivity contribution in [3.63, 3.8) is 0 Å². The fourth-order valence-electron chi connectivity index (χ4n) is 1.76. The standard InChI is InChI=1S/C11H17N5O/c1-15-2-4-16(5-3-15)11(17)9-7-13-10(6-12)14-8-9/h7-8H,2-6,12H2,1H3. The molecular formula is C11H17N5O. The topological polar surface area (TPSA) is 75.3 Å². The number of rotatable bonds is 2. The molecule has 0 unspecified atom stereocenters. The molecule has 1 fully saturated rings. The Hall–Kier alpha value is -1.53. The highest BCUT2D eigenvalue weighted by Gasteiger charge is 2.20. The third-order valence-electron chi connectivity index (χ3n) is 2.93. The van der Waals surface area contributed by atoms with Gasteiger partial charge in [-0.05, 0) is 7.05 Å². The molecule has 6 nitrogen and oxygen atoms in total. The molecule has 0 spiro atoms. The maximum atomic E-state index is 12.1. The first-order valence-electron chi connectivity index (χ1n) is 5.69. The minimum atomic E-state index is 0.00155. The van der Waals surface area contributed by atoms with Gasteiger partial charge in [-0.1, -0.05) is 0 Å². The quantitative estimate of drug-likeness (QED) is 0.735. The van der Waals surface area contributed by atoms with Gasteiger partial charge in [0.2, 0.25) is 0 Å². The van der Waals surface area contributed by atoms with Crippen molar-refractivity contribution in [1.82, 2.24) is 19.8 Å². The van der Waals surface area contributed by atoms with Gasteiger partial charge in [-0.15, -0.1) is 0 Å². The van der Waals surface area contributed by atoms with E-state index in [1.54, 1.807) is 12.4 Å². The van der Waals surface area contributed by atoms with Gasteiger partial charge in [-0.3, -0.25) is 4.79 Å². The molecule has 1 aliphatic rings. The summed E-state index contributed by atoms with van der Waals surface area (Å²) in [7, 11) is 2.06. The first-order valence-corrected chi connectivity index (χ1v) is 5.69. The lowest BCUT2D eigenvalue weighted by atomic mass is 10.2. The van der Waals surface area contributed by atoms with E-state index in [-0.39, 0.29) is 5.91 Å². The molecule has 0 atom stereocenters. The third-order valence-corrected chi connectivity index (χ3v) is 2.93. The van der Waals surface area contributed by atoms with E-state index in [1.165, 1.54) is 0 Å². The number of nitrogens with zero attached hydrogens (tertiary/aromatic N) is 4. The van der Waals surface area contributed by atoms with Crippen molar-refractivity contribution in [1.29, 1.82) is 0 Å². The van der Waals surface area contributed by atoms with E-state index in [0.29, 0.717) is 17.9 Å². The summed E-state index contributed by atoms with van der Waals surface area (Å²) in [5.74, 6) is 0.557. The van der Waals surface area contributed by atoms with Crippen LogP contribution in [0.2, 0.25) is 0 Å². The normalized spacial score (nSPS) is 17.2.